The van der Waals surface area contributed by atoms with E-state index in [1.807, 2.05) is 0 Å². The first kappa shape index (κ1) is 20.3. The number of alkyl halides is 3. The molecule has 7 nitrogen and oxygen atoms in total. The Morgan fingerprint density at radius 2 is 2.04 bits per heavy atom. The molecule has 0 bridgehead atoms. The number of carbonyl (C=O) groups is 1. The van der Waals surface area contributed by atoms with E-state index >= 15 is 0 Å². The van der Waals surface area contributed by atoms with Gasteiger partial charge >= 0.3 is 6.18 Å². The van der Waals surface area contributed by atoms with Crippen LogP contribution in [-0.2, 0) is 25.7 Å². The van der Waals surface area contributed by atoms with Crippen LogP contribution in [0.3, 0.4) is 0 Å². The average Bonchev–Trinajstić information content (AvgIpc) is 2.99. The van der Waals surface area contributed by atoms with Crippen molar-refractivity contribution in [3.05, 3.63) is 23.8 Å². The SMILES string of the molecule is CN(c1cc(N2CCC(OCC(=O)[O-])C2)cc(C(F)(F)F)c1)S(C)(=O)=O. The molecule has 1 aliphatic rings. The Kier molecular flexibility index (Phi) is 5.71. The largest absolute Gasteiger partial charge is 0.548 e. The zero-order chi connectivity index (χ0) is 19.7. The molecule has 0 saturated carbocycles. The maximum absolute atomic E-state index is 13.2. The van der Waals surface area contributed by atoms with Crippen molar-refractivity contribution in [1.29, 1.82) is 0 Å². The Morgan fingerprint density at radius 3 is 2.58 bits per heavy atom. The highest BCUT2D eigenvalue weighted by molar-refractivity contribution is 7.92. The summed E-state index contributed by atoms with van der Waals surface area (Å²) < 4.78 is 68.8. The van der Waals surface area contributed by atoms with Crippen LogP contribution in [0.15, 0.2) is 18.2 Å². The van der Waals surface area contributed by atoms with Gasteiger partial charge in [-0.2, -0.15) is 13.2 Å². The number of sulfonamides is 1. The minimum absolute atomic E-state index is 0.114. The summed E-state index contributed by atoms with van der Waals surface area (Å²) in [4.78, 5) is 12.0. The molecule has 1 unspecified atom stereocenters. The van der Waals surface area contributed by atoms with E-state index in [2.05, 4.69) is 0 Å². The number of carboxylic acids is 1. The van der Waals surface area contributed by atoms with E-state index in [1.165, 1.54) is 13.1 Å². The number of nitrogens with zero attached hydrogens (tertiary/aromatic N) is 2. The van der Waals surface area contributed by atoms with Crippen molar-refractivity contribution in [3.8, 4) is 0 Å². The van der Waals surface area contributed by atoms with Gasteiger partial charge < -0.3 is 19.5 Å². The summed E-state index contributed by atoms with van der Waals surface area (Å²) in [7, 11) is -2.57. The fraction of sp³-hybridized carbons (Fsp3) is 0.533. The lowest BCUT2D eigenvalue weighted by Crippen LogP contribution is -2.31. The second-order valence-corrected chi connectivity index (χ2v) is 8.02. The molecule has 0 radical (unpaired) electrons. The highest BCUT2D eigenvalue weighted by Gasteiger charge is 2.33. The van der Waals surface area contributed by atoms with Gasteiger partial charge in [-0.25, -0.2) is 8.42 Å². The number of halogens is 3. The average molecular weight is 395 g/mol. The quantitative estimate of drug-likeness (QED) is 0.695. The Hall–Kier alpha value is -2.01. The van der Waals surface area contributed by atoms with Crippen molar-refractivity contribution in [2.24, 2.45) is 0 Å². The summed E-state index contributed by atoms with van der Waals surface area (Å²) in [6.07, 6.45) is -3.78. The normalized spacial score (nSPS) is 18.2. The molecular formula is C15H18F3N2O5S-. The van der Waals surface area contributed by atoms with E-state index in [-0.39, 0.29) is 17.9 Å². The molecule has 26 heavy (non-hydrogen) atoms. The van der Waals surface area contributed by atoms with Gasteiger partial charge in [-0.1, -0.05) is 0 Å². The van der Waals surface area contributed by atoms with Gasteiger partial charge in [0, 0.05) is 25.8 Å². The number of rotatable bonds is 6. The zero-order valence-corrected chi connectivity index (χ0v) is 14.9. The number of carboxylic acid groups (broad SMARTS) is 1. The highest BCUT2D eigenvalue weighted by Crippen LogP contribution is 2.36. The Morgan fingerprint density at radius 1 is 1.38 bits per heavy atom. The fourth-order valence-corrected chi connectivity index (χ4v) is 3.09. The van der Waals surface area contributed by atoms with Gasteiger partial charge in [0.05, 0.1) is 36.2 Å². The Balaban J connectivity index is 2.32. The van der Waals surface area contributed by atoms with E-state index in [0.29, 0.717) is 13.0 Å². The Bertz CT molecular complexity index is 782. The molecule has 1 atom stereocenters. The van der Waals surface area contributed by atoms with Crippen LogP contribution >= 0.6 is 0 Å². The van der Waals surface area contributed by atoms with Crippen LogP contribution < -0.4 is 14.3 Å². The summed E-state index contributed by atoms with van der Waals surface area (Å²) >= 11 is 0. The zero-order valence-electron chi connectivity index (χ0n) is 14.1. The summed E-state index contributed by atoms with van der Waals surface area (Å²) in [5, 5.41) is 10.4. The number of hydrogen-bond donors (Lipinski definition) is 0. The van der Waals surface area contributed by atoms with Crippen molar-refractivity contribution in [2.45, 2.75) is 18.7 Å². The van der Waals surface area contributed by atoms with Crippen molar-refractivity contribution in [3.63, 3.8) is 0 Å². The summed E-state index contributed by atoms with van der Waals surface area (Å²) in [5.41, 5.74) is -0.902. The van der Waals surface area contributed by atoms with Gasteiger partial charge in [0.1, 0.15) is 0 Å². The second kappa shape index (κ2) is 7.31. The monoisotopic (exact) mass is 395 g/mol. The number of carbonyl (C=O) groups excluding carboxylic acids is 1. The molecule has 1 heterocycles. The van der Waals surface area contributed by atoms with Gasteiger partial charge in [-0.15, -0.1) is 0 Å². The van der Waals surface area contributed by atoms with Crippen molar-refractivity contribution in [1.82, 2.24) is 0 Å². The number of hydrogen-bond acceptors (Lipinski definition) is 6. The van der Waals surface area contributed by atoms with Gasteiger partial charge in [-0.3, -0.25) is 4.31 Å². The predicted molar refractivity (Wildman–Crippen MR) is 86.3 cm³/mol. The summed E-state index contributed by atoms with van der Waals surface area (Å²) in [5.74, 6) is -1.38. The maximum Gasteiger partial charge on any atom is 0.416 e. The molecule has 0 N–H and O–H groups in total. The minimum atomic E-state index is -4.65. The summed E-state index contributed by atoms with van der Waals surface area (Å²) in [6.45, 7) is -0.0547. The third kappa shape index (κ3) is 5.01. The number of anilines is 2. The molecule has 0 aliphatic carbocycles. The van der Waals surface area contributed by atoms with E-state index in [9.17, 15) is 31.5 Å². The molecular weight excluding hydrogens is 377 g/mol. The molecule has 1 saturated heterocycles. The molecule has 0 aromatic heterocycles. The summed E-state index contributed by atoms with van der Waals surface area (Å²) in [6, 6.07) is 3.04. The molecule has 1 aromatic carbocycles. The van der Waals surface area contributed by atoms with Crippen LogP contribution in [0.25, 0.3) is 0 Å². The van der Waals surface area contributed by atoms with E-state index in [0.717, 1.165) is 22.7 Å². The standard InChI is InChI=1S/C15H19F3N2O5S/c1-19(26(2,23)24)11-5-10(15(16,17)18)6-12(7-11)20-4-3-13(8-20)25-9-14(21)22/h5-7,13H,3-4,8-9H2,1-2H3,(H,21,22)/p-1. The number of aliphatic carboxylic acids is 1. The van der Waals surface area contributed by atoms with Gasteiger partial charge in [0.15, 0.2) is 0 Å². The lowest BCUT2D eigenvalue weighted by Gasteiger charge is -2.24. The Labute approximate surface area is 149 Å². The van der Waals surface area contributed by atoms with Gasteiger partial charge in [-0.05, 0) is 24.6 Å². The van der Waals surface area contributed by atoms with E-state index in [1.54, 1.807) is 4.90 Å². The maximum atomic E-state index is 13.2. The van der Waals surface area contributed by atoms with Crippen LogP contribution in [0.4, 0.5) is 24.5 Å². The molecule has 146 valence electrons. The smallest absolute Gasteiger partial charge is 0.416 e. The molecule has 0 amide bonds. The molecule has 1 aromatic rings. The molecule has 11 heteroatoms. The lowest BCUT2D eigenvalue weighted by molar-refractivity contribution is -0.310. The molecule has 0 spiro atoms. The lowest BCUT2D eigenvalue weighted by atomic mass is 10.1. The van der Waals surface area contributed by atoms with Crippen LogP contribution in [0.5, 0.6) is 0 Å². The van der Waals surface area contributed by atoms with Crippen molar-refractivity contribution < 1.29 is 36.2 Å². The third-order valence-electron chi connectivity index (χ3n) is 4.04. The van der Waals surface area contributed by atoms with Gasteiger partial charge in [0.2, 0.25) is 10.0 Å². The first-order chi connectivity index (χ1) is 11.9. The highest BCUT2D eigenvalue weighted by atomic mass is 32.2. The first-order valence-electron chi connectivity index (χ1n) is 7.60. The molecule has 1 aliphatic heterocycles. The van der Waals surface area contributed by atoms with Crippen LogP contribution in [0.2, 0.25) is 0 Å². The van der Waals surface area contributed by atoms with Crippen molar-refractivity contribution >= 4 is 27.4 Å². The van der Waals surface area contributed by atoms with Crippen LogP contribution in [0, 0.1) is 0 Å². The third-order valence-corrected chi connectivity index (χ3v) is 5.24. The first-order valence-corrected chi connectivity index (χ1v) is 9.45. The second-order valence-electron chi connectivity index (χ2n) is 6.01. The minimum Gasteiger partial charge on any atom is -0.548 e. The van der Waals surface area contributed by atoms with E-state index in [4.69, 9.17) is 4.74 Å². The van der Waals surface area contributed by atoms with Crippen molar-refractivity contribution in [2.75, 3.05) is 42.2 Å². The predicted octanol–water partition coefficient (Wildman–Crippen LogP) is 0.446. The van der Waals surface area contributed by atoms with Gasteiger partial charge in [0.25, 0.3) is 0 Å². The topological polar surface area (TPSA) is 90.0 Å². The van der Waals surface area contributed by atoms with Crippen LogP contribution in [-0.4, -0.2) is 53.5 Å². The molecule has 2 rings (SSSR count). The van der Waals surface area contributed by atoms with E-state index < -0.39 is 40.4 Å². The number of benzene rings is 1. The number of ether oxygens (including phenoxy) is 1. The van der Waals surface area contributed by atoms with Crippen LogP contribution in [0.1, 0.15) is 12.0 Å². The molecule has 1 fully saturated rings. The fourth-order valence-electron chi connectivity index (χ4n) is 2.60.